The molecule has 12 rings (SSSR count). The first kappa shape index (κ1) is 83.0. The highest BCUT2D eigenvalue weighted by molar-refractivity contribution is 5.74. The smallest absolute Gasteiger partial charge is 0.292 e. The minimum absolute atomic E-state index is 0.0162. The fourth-order valence-electron chi connectivity index (χ4n) is 17.0. The molecule has 8 aromatic rings. The van der Waals surface area contributed by atoms with Crippen LogP contribution in [0.2, 0.25) is 0 Å². The van der Waals surface area contributed by atoms with Gasteiger partial charge in [0.05, 0.1) is 95.9 Å². The normalized spacial score (nSPS) is 26.7. The lowest BCUT2D eigenvalue weighted by Gasteiger charge is -2.41. The van der Waals surface area contributed by atoms with Gasteiger partial charge >= 0.3 is 0 Å². The lowest BCUT2D eigenvalue weighted by molar-refractivity contribution is -0.132. The number of benzene rings is 4. The summed E-state index contributed by atoms with van der Waals surface area (Å²) in [5.74, 6) is 2.74. The molecular formula is C88H116N4O16. The summed E-state index contributed by atoms with van der Waals surface area (Å²) >= 11 is 0. The van der Waals surface area contributed by atoms with Crippen LogP contribution in [0.5, 0.6) is 23.0 Å². The Morgan fingerprint density at radius 2 is 0.472 bits per heavy atom. The third-order valence-corrected chi connectivity index (χ3v) is 23.6. The lowest BCUT2D eigenvalue weighted by atomic mass is 9.79. The van der Waals surface area contributed by atoms with Gasteiger partial charge in [0.2, 0.25) is 0 Å². The van der Waals surface area contributed by atoms with E-state index in [1.54, 1.807) is 0 Å². The number of hydrogen-bond acceptors (Lipinski definition) is 16. The third-order valence-electron chi connectivity index (χ3n) is 23.6. The predicted octanol–water partition coefficient (Wildman–Crippen LogP) is 18.4. The monoisotopic (exact) mass is 1480 g/mol. The standard InChI is InChI=1S/4C22H29NO4/c4*1-5-13(2)20-14(3)11-15(4)21(27-20)18-19(24)17(12-23(26)22(18)25)16-9-7-6-8-10-16/h4*6-10,12-15,20-21,24,26H,5,11H2,1-4H3/t4*13-,14+,15-,20-,21-/m1111/s1. The van der Waals surface area contributed by atoms with E-state index in [2.05, 4.69) is 83.1 Å². The summed E-state index contributed by atoms with van der Waals surface area (Å²) in [6.45, 7) is 33.9. The Morgan fingerprint density at radius 1 is 0.306 bits per heavy atom. The van der Waals surface area contributed by atoms with Gasteiger partial charge in [-0.1, -0.05) is 258 Å². The second kappa shape index (κ2) is 36.4. The molecule has 20 nitrogen and oxygen atoms in total. The van der Waals surface area contributed by atoms with Gasteiger partial charge in [0, 0.05) is 22.3 Å². The highest BCUT2D eigenvalue weighted by Gasteiger charge is 2.44. The van der Waals surface area contributed by atoms with Crippen LogP contribution in [0.4, 0.5) is 0 Å². The number of aromatic nitrogens is 4. The van der Waals surface area contributed by atoms with Crippen molar-refractivity contribution in [1.82, 2.24) is 18.9 Å². The van der Waals surface area contributed by atoms with Crippen molar-refractivity contribution < 1.29 is 60.2 Å². The molecule has 4 aromatic heterocycles. The number of pyridine rings is 4. The molecular weight excluding hydrogens is 1370 g/mol. The van der Waals surface area contributed by atoms with Crippen molar-refractivity contribution in [3.8, 4) is 67.5 Å². The number of hydrogen-bond donors (Lipinski definition) is 8. The fraction of sp³-hybridized carbons (Fsp3) is 0.500. The minimum Gasteiger partial charge on any atom is -0.507 e. The predicted molar refractivity (Wildman–Crippen MR) is 420 cm³/mol. The van der Waals surface area contributed by atoms with Crippen molar-refractivity contribution in [2.45, 2.75) is 211 Å². The van der Waals surface area contributed by atoms with Crippen LogP contribution in [0.3, 0.4) is 0 Å². The van der Waals surface area contributed by atoms with Crippen molar-refractivity contribution in [3.05, 3.63) is 210 Å². The molecule has 0 bridgehead atoms. The molecule has 20 atom stereocenters. The quantitative estimate of drug-likeness (QED) is 0.0417. The van der Waals surface area contributed by atoms with E-state index in [-0.39, 0.29) is 93.3 Å². The Balaban J connectivity index is 0.000000166. The summed E-state index contributed by atoms with van der Waals surface area (Å²) in [4.78, 5) is 50.9. The number of ether oxygens (including phenoxy) is 4. The van der Waals surface area contributed by atoms with E-state index in [4.69, 9.17) is 18.9 Å². The van der Waals surface area contributed by atoms with Gasteiger partial charge in [-0.25, -0.2) is 0 Å². The average Bonchev–Trinajstić information content (AvgIpc) is 0.782. The highest BCUT2D eigenvalue weighted by atomic mass is 16.5. The zero-order chi connectivity index (χ0) is 78.9. The molecule has 4 saturated heterocycles. The van der Waals surface area contributed by atoms with Crippen LogP contribution >= 0.6 is 0 Å². The lowest BCUT2D eigenvalue weighted by Crippen LogP contribution is -2.40. The maximum absolute atomic E-state index is 12.7. The molecule has 0 aliphatic carbocycles. The second-order valence-corrected chi connectivity index (χ2v) is 31.7. The van der Waals surface area contributed by atoms with E-state index >= 15 is 0 Å². The van der Waals surface area contributed by atoms with E-state index in [1.165, 1.54) is 24.8 Å². The maximum Gasteiger partial charge on any atom is 0.292 e. The Labute approximate surface area is 635 Å². The molecule has 4 fully saturated rings. The van der Waals surface area contributed by atoms with Crippen LogP contribution in [0.1, 0.15) is 209 Å². The van der Waals surface area contributed by atoms with Gasteiger partial charge in [-0.2, -0.15) is 18.9 Å². The molecule has 4 aliphatic rings. The summed E-state index contributed by atoms with van der Waals surface area (Å²) in [6.07, 6.45) is 10.5. The number of aromatic hydroxyl groups is 4. The summed E-state index contributed by atoms with van der Waals surface area (Å²) in [5, 5.41) is 84.6. The molecule has 8 N–H and O–H groups in total. The molecule has 8 heterocycles. The molecule has 0 saturated carbocycles. The molecule has 0 spiro atoms. The van der Waals surface area contributed by atoms with E-state index in [0.29, 0.717) is 88.5 Å². The molecule has 0 unspecified atom stereocenters. The van der Waals surface area contributed by atoms with Crippen LogP contribution in [0.25, 0.3) is 44.5 Å². The Hall–Kier alpha value is -9.08. The van der Waals surface area contributed by atoms with Crippen molar-refractivity contribution >= 4 is 0 Å². The van der Waals surface area contributed by atoms with Crippen LogP contribution in [-0.2, 0) is 18.9 Å². The van der Waals surface area contributed by atoms with Gasteiger partial charge < -0.3 is 60.2 Å². The zero-order valence-corrected chi connectivity index (χ0v) is 65.7. The van der Waals surface area contributed by atoms with Crippen LogP contribution in [0.15, 0.2) is 165 Å². The molecule has 0 radical (unpaired) electrons. The summed E-state index contributed by atoms with van der Waals surface area (Å²) in [7, 11) is 0. The summed E-state index contributed by atoms with van der Waals surface area (Å²) in [5.41, 5.74) is 2.68. The zero-order valence-electron chi connectivity index (χ0n) is 65.7. The molecule has 584 valence electrons. The molecule has 4 aliphatic heterocycles. The van der Waals surface area contributed by atoms with Crippen molar-refractivity contribution in [3.63, 3.8) is 0 Å². The largest absolute Gasteiger partial charge is 0.507 e. The van der Waals surface area contributed by atoms with E-state index in [9.17, 15) is 60.4 Å². The molecule has 0 amide bonds. The third kappa shape index (κ3) is 17.9. The fourth-order valence-corrected chi connectivity index (χ4v) is 17.0. The minimum atomic E-state index is -0.624. The van der Waals surface area contributed by atoms with Crippen molar-refractivity contribution in [2.24, 2.45) is 71.0 Å². The number of rotatable bonds is 16. The Kier molecular flexibility index (Phi) is 28.0. The van der Waals surface area contributed by atoms with Gasteiger partial charge in [-0.15, -0.1) is 0 Å². The molecule has 4 aromatic carbocycles. The molecule has 108 heavy (non-hydrogen) atoms. The van der Waals surface area contributed by atoms with Gasteiger partial charge in [0.1, 0.15) is 23.0 Å². The van der Waals surface area contributed by atoms with Crippen LogP contribution in [-0.4, -0.2) is 84.6 Å². The second-order valence-electron chi connectivity index (χ2n) is 31.7. The first-order valence-electron chi connectivity index (χ1n) is 38.9. The van der Waals surface area contributed by atoms with Gasteiger partial charge in [-0.05, 0) is 119 Å². The van der Waals surface area contributed by atoms with E-state index in [1.807, 2.05) is 149 Å². The van der Waals surface area contributed by atoms with E-state index in [0.717, 1.165) is 73.6 Å². The summed E-state index contributed by atoms with van der Waals surface area (Å²) < 4.78 is 27.7. The Bertz CT molecular complexity index is 3950. The average molecular weight is 1490 g/mol. The molecule has 20 heteroatoms. The van der Waals surface area contributed by atoms with Crippen molar-refractivity contribution in [1.29, 1.82) is 0 Å². The first-order valence-corrected chi connectivity index (χ1v) is 38.9. The van der Waals surface area contributed by atoms with Gasteiger partial charge in [-0.3, -0.25) is 19.2 Å². The van der Waals surface area contributed by atoms with Gasteiger partial charge in [0.25, 0.3) is 22.2 Å². The van der Waals surface area contributed by atoms with Crippen LogP contribution in [0, 0.1) is 71.0 Å². The van der Waals surface area contributed by atoms with Crippen LogP contribution < -0.4 is 22.2 Å². The SMILES string of the molecule is CC[C@@H](C)[C@H]1O[C@@H](c2c(O)c(-c3ccccc3)cn(O)c2=O)[C@H](C)C[C@@H]1C.CC[C@@H](C)[C@H]1O[C@@H](c2c(O)c(-c3ccccc3)cn(O)c2=O)[C@H](C)C[C@@H]1C.CC[C@@H](C)[C@H]1O[C@@H](c2c(O)c(-c3ccccc3)cn(O)c2=O)[C@H](C)C[C@@H]1C.CC[C@@H](C)[C@H]1O[C@@H](c2c(O)c(-c3ccccc3)cn(O)c2=O)[C@H](C)C[C@@H]1C. The van der Waals surface area contributed by atoms with Gasteiger partial charge in [0.15, 0.2) is 0 Å². The maximum atomic E-state index is 12.7. The first-order chi connectivity index (χ1) is 51.4. The number of nitrogens with zero attached hydrogens (tertiary/aromatic N) is 4. The topological polar surface area (TPSA) is 287 Å². The summed E-state index contributed by atoms with van der Waals surface area (Å²) in [6, 6.07) is 36.9. The van der Waals surface area contributed by atoms with Crippen molar-refractivity contribution in [2.75, 3.05) is 0 Å². The van der Waals surface area contributed by atoms with E-state index < -0.39 is 46.7 Å². The Morgan fingerprint density at radius 3 is 0.630 bits per heavy atom. The highest BCUT2D eigenvalue weighted by Crippen LogP contribution is 2.50.